The Morgan fingerprint density at radius 1 is 1.62 bits per heavy atom. The molecule has 0 saturated heterocycles. The van der Waals surface area contributed by atoms with Gasteiger partial charge in [-0.3, -0.25) is 0 Å². The van der Waals surface area contributed by atoms with Crippen molar-refractivity contribution in [3.8, 4) is 0 Å². The number of hydrogen-bond donors (Lipinski definition) is 0. The molecule has 0 nitrogen and oxygen atoms in total. The van der Waals surface area contributed by atoms with Crippen molar-refractivity contribution in [1.82, 2.24) is 0 Å². The Balaban J connectivity index is 2.59. The van der Waals surface area contributed by atoms with E-state index in [0.717, 1.165) is 5.92 Å². The van der Waals surface area contributed by atoms with E-state index in [-0.39, 0.29) is 0 Å². The summed E-state index contributed by atoms with van der Waals surface area (Å²) in [6.07, 6.45) is 1.25. The standard InChI is InChI=1S/C8H14/c1-6(2)8(4)5-7(8)3/h6H,3,5H2,1-2,4H3. The molecule has 46 valence electrons. The first-order valence-electron chi connectivity index (χ1n) is 3.25. The summed E-state index contributed by atoms with van der Waals surface area (Å²) in [5.74, 6) is 0.787. The van der Waals surface area contributed by atoms with Crippen LogP contribution in [0.1, 0.15) is 27.2 Å². The summed E-state index contributed by atoms with van der Waals surface area (Å²) in [7, 11) is 0. The highest BCUT2D eigenvalue weighted by molar-refractivity contribution is 5.28. The first-order chi connectivity index (χ1) is 3.57. The first-order valence-corrected chi connectivity index (χ1v) is 3.25. The molecule has 1 rings (SSSR count). The van der Waals surface area contributed by atoms with Crippen LogP contribution in [-0.2, 0) is 0 Å². The third-order valence-electron chi connectivity index (χ3n) is 2.54. The van der Waals surface area contributed by atoms with Gasteiger partial charge < -0.3 is 0 Å². The fraction of sp³-hybridized carbons (Fsp3) is 0.750. The summed E-state index contributed by atoms with van der Waals surface area (Å²) in [5, 5.41) is 0. The maximum Gasteiger partial charge on any atom is -0.00585 e. The van der Waals surface area contributed by atoms with Crippen molar-refractivity contribution < 1.29 is 0 Å². The normalized spacial score (nSPS) is 36.2. The largest absolute Gasteiger partial charge is 0.0993 e. The van der Waals surface area contributed by atoms with Crippen LogP contribution in [0.4, 0.5) is 0 Å². The summed E-state index contributed by atoms with van der Waals surface area (Å²) in [5.41, 5.74) is 1.95. The zero-order chi connectivity index (χ0) is 6.36. The van der Waals surface area contributed by atoms with Gasteiger partial charge in [-0.15, -0.1) is 0 Å². The van der Waals surface area contributed by atoms with Gasteiger partial charge in [0.05, 0.1) is 0 Å². The predicted octanol–water partition coefficient (Wildman–Crippen LogP) is 2.61. The van der Waals surface area contributed by atoms with Crippen molar-refractivity contribution in [2.24, 2.45) is 11.3 Å². The molecule has 0 heteroatoms. The van der Waals surface area contributed by atoms with Gasteiger partial charge in [-0.1, -0.05) is 32.9 Å². The molecular formula is C8H14. The van der Waals surface area contributed by atoms with Gasteiger partial charge in [0.25, 0.3) is 0 Å². The Morgan fingerprint density at radius 2 is 2.00 bits per heavy atom. The van der Waals surface area contributed by atoms with Gasteiger partial charge in [0.1, 0.15) is 0 Å². The van der Waals surface area contributed by atoms with E-state index in [1.165, 1.54) is 12.0 Å². The summed E-state index contributed by atoms with van der Waals surface area (Å²) in [4.78, 5) is 0. The van der Waals surface area contributed by atoms with Crippen LogP contribution < -0.4 is 0 Å². The van der Waals surface area contributed by atoms with Gasteiger partial charge in [-0.25, -0.2) is 0 Å². The lowest BCUT2D eigenvalue weighted by atomic mass is 9.94. The molecule has 0 aromatic carbocycles. The molecule has 1 aliphatic carbocycles. The van der Waals surface area contributed by atoms with Crippen LogP contribution in [0.2, 0.25) is 0 Å². The minimum absolute atomic E-state index is 0.514. The van der Waals surface area contributed by atoms with Gasteiger partial charge in [0.2, 0.25) is 0 Å². The molecule has 0 heterocycles. The van der Waals surface area contributed by atoms with Gasteiger partial charge in [0.15, 0.2) is 0 Å². The first kappa shape index (κ1) is 5.87. The highest BCUT2D eigenvalue weighted by atomic mass is 14.5. The molecule has 0 aliphatic heterocycles. The van der Waals surface area contributed by atoms with Crippen molar-refractivity contribution in [3.63, 3.8) is 0 Å². The number of rotatable bonds is 1. The van der Waals surface area contributed by atoms with Crippen molar-refractivity contribution in [3.05, 3.63) is 12.2 Å². The maximum atomic E-state index is 3.94. The lowest BCUT2D eigenvalue weighted by Gasteiger charge is -2.10. The van der Waals surface area contributed by atoms with Gasteiger partial charge in [0, 0.05) is 0 Å². The maximum absolute atomic E-state index is 3.94. The zero-order valence-corrected chi connectivity index (χ0v) is 5.99. The number of hydrogen-bond acceptors (Lipinski definition) is 0. The van der Waals surface area contributed by atoms with E-state index in [0.29, 0.717) is 5.41 Å². The van der Waals surface area contributed by atoms with Crippen molar-refractivity contribution in [2.45, 2.75) is 27.2 Å². The third kappa shape index (κ3) is 0.594. The topological polar surface area (TPSA) is 0 Å². The van der Waals surface area contributed by atoms with Crippen molar-refractivity contribution >= 4 is 0 Å². The van der Waals surface area contributed by atoms with Crippen LogP contribution in [-0.4, -0.2) is 0 Å². The molecule has 8 heavy (non-hydrogen) atoms. The minimum atomic E-state index is 0.514. The monoisotopic (exact) mass is 110 g/mol. The quantitative estimate of drug-likeness (QED) is 0.455. The molecule has 1 saturated carbocycles. The molecule has 0 radical (unpaired) electrons. The third-order valence-corrected chi connectivity index (χ3v) is 2.54. The van der Waals surface area contributed by atoms with E-state index in [1.807, 2.05) is 0 Å². The highest BCUT2D eigenvalue weighted by Gasteiger charge is 2.44. The van der Waals surface area contributed by atoms with Gasteiger partial charge in [-0.05, 0) is 17.8 Å². The SMILES string of the molecule is C=C1CC1(C)C(C)C. The smallest absolute Gasteiger partial charge is 0.00585 e. The summed E-state index contributed by atoms with van der Waals surface area (Å²) >= 11 is 0. The van der Waals surface area contributed by atoms with Crippen molar-refractivity contribution in [2.75, 3.05) is 0 Å². The van der Waals surface area contributed by atoms with E-state index >= 15 is 0 Å². The second-order valence-corrected chi connectivity index (χ2v) is 3.35. The zero-order valence-electron chi connectivity index (χ0n) is 5.99. The molecule has 1 unspecified atom stereocenters. The highest BCUT2D eigenvalue weighted by Crippen LogP contribution is 2.55. The summed E-state index contributed by atoms with van der Waals surface area (Å²) < 4.78 is 0. The molecular weight excluding hydrogens is 96.1 g/mol. The van der Waals surface area contributed by atoms with E-state index in [4.69, 9.17) is 0 Å². The second kappa shape index (κ2) is 1.37. The predicted molar refractivity (Wildman–Crippen MR) is 36.7 cm³/mol. The molecule has 0 aromatic rings. The molecule has 1 atom stereocenters. The van der Waals surface area contributed by atoms with E-state index < -0.39 is 0 Å². The Labute approximate surface area is 51.6 Å². The fourth-order valence-electron chi connectivity index (χ4n) is 1.01. The van der Waals surface area contributed by atoms with Gasteiger partial charge >= 0.3 is 0 Å². The lowest BCUT2D eigenvalue weighted by molar-refractivity contribution is 0.418. The molecule has 0 spiro atoms. The Morgan fingerprint density at radius 3 is 2.00 bits per heavy atom. The van der Waals surface area contributed by atoms with Crippen LogP contribution >= 0.6 is 0 Å². The van der Waals surface area contributed by atoms with E-state index in [9.17, 15) is 0 Å². The average Bonchev–Trinajstić information content (AvgIpc) is 2.17. The Bertz CT molecular complexity index is 122. The molecule has 1 fully saturated rings. The van der Waals surface area contributed by atoms with Crippen LogP contribution in [0.5, 0.6) is 0 Å². The fourth-order valence-corrected chi connectivity index (χ4v) is 1.01. The van der Waals surface area contributed by atoms with Crippen molar-refractivity contribution in [1.29, 1.82) is 0 Å². The van der Waals surface area contributed by atoms with E-state index in [2.05, 4.69) is 27.4 Å². The molecule has 0 bridgehead atoms. The van der Waals surface area contributed by atoms with Gasteiger partial charge in [-0.2, -0.15) is 0 Å². The summed E-state index contributed by atoms with van der Waals surface area (Å²) in [6.45, 7) is 10.8. The van der Waals surface area contributed by atoms with Crippen LogP contribution in [0.25, 0.3) is 0 Å². The molecule has 0 N–H and O–H groups in total. The van der Waals surface area contributed by atoms with Crippen LogP contribution in [0.15, 0.2) is 12.2 Å². The summed E-state index contributed by atoms with van der Waals surface area (Å²) in [6, 6.07) is 0. The molecule has 1 aliphatic rings. The Hall–Kier alpha value is -0.260. The van der Waals surface area contributed by atoms with Crippen LogP contribution in [0, 0.1) is 11.3 Å². The minimum Gasteiger partial charge on any atom is -0.0993 e. The lowest BCUT2D eigenvalue weighted by Crippen LogP contribution is -2.02. The van der Waals surface area contributed by atoms with E-state index in [1.54, 1.807) is 0 Å². The molecule has 0 aromatic heterocycles. The average molecular weight is 110 g/mol. The Kier molecular flexibility index (Phi) is 1.00. The number of allylic oxidation sites excluding steroid dienone is 1. The molecule has 0 amide bonds. The van der Waals surface area contributed by atoms with Crippen LogP contribution in [0.3, 0.4) is 0 Å². The second-order valence-electron chi connectivity index (χ2n) is 3.35.